The molecule has 82 valence electrons. The van der Waals surface area contributed by atoms with Crippen molar-refractivity contribution in [3.05, 3.63) is 24.0 Å². The molecule has 0 bridgehead atoms. The summed E-state index contributed by atoms with van der Waals surface area (Å²) in [6.07, 6.45) is 3.48. The molecule has 0 aliphatic heterocycles. The molecule has 0 aliphatic carbocycles. The van der Waals surface area contributed by atoms with Crippen LogP contribution in [0.15, 0.2) is 16.8 Å². The Bertz CT molecular complexity index is 346. The lowest BCUT2D eigenvalue weighted by atomic mass is 10.4. The van der Waals surface area contributed by atoms with Crippen LogP contribution >= 0.6 is 0 Å². The second-order valence-electron chi connectivity index (χ2n) is 2.79. The van der Waals surface area contributed by atoms with Crippen LogP contribution in [0.4, 0.5) is 0 Å². The maximum absolute atomic E-state index is 10.7. The van der Waals surface area contributed by atoms with Crippen molar-refractivity contribution >= 4 is 5.97 Å². The van der Waals surface area contributed by atoms with E-state index in [1.165, 1.54) is 19.4 Å². The summed E-state index contributed by atoms with van der Waals surface area (Å²) in [4.78, 5) is 14.7. The van der Waals surface area contributed by atoms with Gasteiger partial charge in [-0.05, 0) is 0 Å². The zero-order chi connectivity index (χ0) is 11.1. The van der Waals surface area contributed by atoms with Gasteiger partial charge in [-0.3, -0.25) is 0 Å². The number of esters is 1. The maximum Gasteiger partial charge on any atom is 0.331 e. The summed E-state index contributed by atoms with van der Waals surface area (Å²) in [5.41, 5.74) is 0. The first kappa shape index (κ1) is 11.2. The van der Waals surface area contributed by atoms with E-state index in [4.69, 9.17) is 4.52 Å². The predicted octanol–water partition coefficient (Wildman–Crippen LogP) is 0.197. The number of rotatable bonds is 5. The van der Waals surface area contributed by atoms with Gasteiger partial charge < -0.3 is 14.6 Å². The molecular formula is C9H13N3O3. The number of nitrogens with zero attached hydrogens (tertiary/aromatic N) is 2. The number of hydrogen-bond acceptors (Lipinski definition) is 6. The Morgan fingerprint density at radius 2 is 2.47 bits per heavy atom. The molecule has 1 aromatic rings. The van der Waals surface area contributed by atoms with Crippen molar-refractivity contribution < 1.29 is 14.1 Å². The average molecular weight is 211 g/mol. The van der Waals surface area contributed by atoms with E-state index in [-0.39, 0.29) is 0 Å². The molecule has 0 radical (unpaired) electrons. The highest BCUT2D eigenvalue weighted by molar-refractivity contribution is 5.81. The number of carbonyl (C=O) groups is 1. The third-order valence-corrected chi connectivity index (χ3v) is 1.60. The highest BCUT2D eigenvalue weighted by Crippen LogP contribution is 1.94. The Hall–Kier alpha value is -1.85. The lowest BCUT2D eigenvalue weighted by molar-refractivity contribution is -0.134. The summed E-state index contributed by atoms with van der Waals surface area (Å²) < 4.78 is 9.21. The van der Waals surface area contributed by atoms with Gasteiger partial charge >= 0.3 is 5.97 Å². The molecule has 1 heterocycles. The van der Waals surface area contributed by atoms with E-state index in [0.29, 0.717) is 24.7 Å². The number of carbonyl (C=O) groups excluding carboxylic acids is 1. The van der Waals surface area contributed by atoms with E-state index < -0.39 is 5.97 Å². The van der Waals surface area contributed by atoms with Gasteiger partial charge in [-0.1, -0.05) is 5.16 Å². The monoisotopic (exact) mass is 211 g/mol. The fourth-order valence-electron chi connectivity index (χ4n) is 0.905. The molecule has 0 saturated carbocycles. The standard InChI is InChI=1S/C9H13N3O3/c1-7-11-8(12-15-7)3-5-10-6-4-9(13)14-2/h4,6,10H,3,5H2,1-2H3/b6-4+. The van der Waals surface area contributed by atoms with Gasteiger partial charge in [0.25, 0.3) is 0 Å². The minimum atomic E-state index is -0.391. The fraction of sp³-hybridized carbons (Fsp3) is 0.444. The van der Waals surface area contributed by atoms with Crippen molar-refractivity contribution in [2.75, 3.05) is 13.7 Å². The molecule has 0 aliphatic rings. The van der Waals surface area contributed by atoms with Gasteiger partial charge in [0.15, 0.2) is 5.82 Å². The molecule has 15 heavy (non-hydrogen) atoms. The average Bonchev–Trinajstić information content (AvgIpc) is 2.63. The van der Waals surface area contributed by atoms with Gasteiger partial charge in [0.2, 0.25) is 5.89 Å². The van der Waals surface area contributed by atoms with E-state index >= 15 is 0 Å². The third-order valence-electron chi connectivity index (χ3n) is 1.60. The number of aryl methyl sites for hydroxylation is 1. The van der Waals surface area contributed by atoms with Gasteiger partial charge in [0, 0.05) is 32.2 Å². The first-order valence-corrected chi connectivity index (χ1v) is 4.49. The zero-order valence-corrected chi connectivity index (χ0v) is 8.69. The van der Waals surface area contributed by atoms with Crippen molar-refractivity contribution in [1.29, 1.82) is 0 Å². The molecule has 0 unspecified atom stereocenters. The maximum atomic E-state index is 10.7. The third kappa shape index (κ3) is 4.26. The van der Waals surface area contributed by atoms with Crippen molar-refractivity contribution in [3.8, 4) is 0 Å². The molecule has 1 aromatic heterocycles. The number of hydrogen-bond donors (Lipinski definition) is 1. The quantitative estimate of drug-likeness (QED) is 0.426. The molecule has 0 spiro atoms. The van der Waals surface area contributed by atoms with Gasteiger partial charge in [0.05, 0.1) is 7.11 Å². The summed E-state index contributed by atoms with van der Waals surface area (Å²) >= 11 is 0. The Labute approximate surface area is 87.3 Å². The van der Waals surface area contributed by atoms with Crippen LogP contribution in [0.3, 0.4) is 0 Å². The summed E-state index contributed by atoms with van der Waals surface area (Å²) in [7, 11) is 1.33. The Kier molecular flexibility index (Phi) is 4.33. The molecule has 1 rings (SSSR count). The Morgan fingerprint density at radius 3 is 3.07 bits per heavy atom. The zero-order valence-electron chi connectivity index (χ0n) is 8.69. The minimum absolute atomic E-state index is 0.391. The largest absolute Gasteiger partial charge is 0.466 e. The van der Waals surface area contributed by atoms with Crippen molar-refractivity contribution in [2.45, 2.75) is 13.3 Å². The molecule has 0 saturated heterocycles. The molecule has 6 nitrogen and oxygen atoms in total. The Balaban J connectivity index is 2.17. The number of nitrogens with one attached hydrogen (secondary N) is 1. The van der Waals surface area contributed by atoms with Crippen LogP contribution in [0.1, 0.15) is 11.7 Å². The highest BCUT2D eigenvalue weighted by atomic mass is 16.5. The summed E-state index contributed by atoms with van der Waals surface area (Å²) in [6, 6.07) is 0. The summed E-state index contributed by atoms with van der Waals surface area (Å²) in [5.74, 6) is 0.805. The lowest BCUT2D eigenvalue weighted by Crippen LogP contribution is -2.11. The van der Waals surface area contributed by atoms with Gasteiger partial charge in [-0.15, -0.1) is 0 Å². The molecule has 1 N–H and O–H groups in total. The molecule has 0 atom stereocenters. The first-order valence-electron chi connectivity index (χ1n) is 4.49. The molecule has 0 aromatic carbocycles. The number of methoxy groups -OCH3 is 1. The SMILES string of the molecule is COC(=O)/C=C/NCCc1noc(C)n1. The van der Waals surface area contributed by atoms with E-state index in [0.717, 1.165) is 0 Å². The first-order chi connectivity index (χ1) is 7.22. The van der Waals surface area contributed by atoms with Crippen LogP contribution in [0.25, 0.3) is 0 Å². The normalized spacial score (nSPS) is 10.5. The van der Waals surface area contributed by atoms with Crippen molar-refractivity contribution in [1.82, 2.24) is 15.5 Å². The second kappa shape index (κ2) is 5.79. The van der Waals surface area contributed by atoms with Crippen molar-refractivity contribution in [2.24, 2.45) is 0 Å². The smallest absolute Gasteiger partial charge is 0.331 e. The van der Waals surface area contributed by atoms with Crippen molar-refractivity contribution in [3.63, 3.8) is 0 Å². The number of ether oxygens (including phenoxy) is 1. The summed E-state index contributed by atoms with van der Waals surface area (Å²) in [6.45, 7) is 2.37. The van der Waals surface area contributed by atoms with Crippen LogP contribution < -0.4 is 5.32 Å². The van der Waals surface area contributed by atoms with Gasteiger partial charge in [0.1, 0.15) is 0 Å². The van der Waals surface area contributed by atoms with E-state index in [2.05, 4.69) is 20.2 Å². The van der Waals surface area contributed by atoms with E-state index in [1.807, 2.05) is 0 Å². The minimum Gasteiger partial charge on any atom is -0.466 e. The lowest BCUT2D eigenvalue weighted by Gasteiger charge is -1.95. The number of aromatic nitrogens is 2. The second-order valence-corrected chi connectivity index (χ2v) is 2.79. The van der Waals surface area contributed by atoms with E-state index in [1.54, 1.807) is 6.92 Å². The highest BCUT2D eigenvalue weighted by Gasteiger charge is 1.99. The van der Waals surface area contributed by atoms with Crippen LogP contribution in [0.2, 0.25) is 0 Å². The summed E-state index contributed by atoms with van der Waals surface area (Å²) in [5, 5.41) is 6.63. The van der Waals surface area contributed by atoms with Crippen LogP contribution in [-0.2, 0) is 16.0 Å². The van der Waals surface area contributed by atoms with Crippen LogP contribution in [0, 0.1) is 6.92 Å². The Morgan fingerprint density at radius 1 is 1.67 bits per heavy atom. The molecule has 0 amide bonds. The fourth-order valence-corrected chi connectivity index (χ4v) is 0.905. The van der Waals surface area contributed by atoms with Crippen LogP contribution in [-0.4, -0.2) is 29.8 Å². The van der Waals surface area contributed by atoms with Gasteiger partial charge in [-0.2, -0.15) is 4.98 Å². The molecule has 0 fully saturated rings. The van der Waals surface area contributed by atoms with Gasteiger partial charge in [-0.25, -0.2) is 4.79 Å². The molecule has 6 heteroatoms. The topological polar surface area (TPSA) is 77.2 Å². The van der Waals surface area contributed by atoms with Crippen LogP contribution in [0.5, 0.6) is 0 Å². The van der Waals surface area contributed by atoms with E-state index in [9.17, 15) is 4.79 Å². The predicted molar refractivity (Wildman–Crippen MR) is 51.9 cm³/mol. The molecular weight excluding hydrogens is 198 g/mol.